The predicted molar refractivity (Wildman–Crippen MR) is 74.2 cm³/mol. The van der Waals surface area contributed by atoms with Crippen molar-refractivity contribution in [2.75, 3.05) is 13.2 Å². The normalized spacial score (nSPS) is 24.2. The van der Waals surface area contributed by atoms with Gasteiger partial charge in [0.1, 0.15) is 11.3 Å². The Kier molecular flexibility index (Phi) is 3.74. The lowest BCUT2D eigenvalue weighted by molar-refractivity contribution is -0.123. The summed E-state index contributed by atoms with van der Waals surface area (Å²) in [5.41, 5.74) is -0.0320. The Morgan fingerprint density at radius 3 is 2.74 bits per heavy atom. The molecule has 1 unspecified atom stereocenters. The third kappa shape index (κ3) is 2.41. The van der Waals surface area contributed by atoms with E-state index in [9.17, 15) is 4.79 Å². The van der Waals surface area contributed by atoms with Crippen LogP contribution in [0.4, 0.5) is 0 Å². The smallest absolute Gasteiger partial charge is 0.256 e. The van der Waals surface area contributed by atoms with Crippen LogP contribution in [0.2, 0.25) is 0 Å². The minimum atomic E-state index is -0.847. The van der Waals surface area contributed by atoms with Gasteiger partial charge in [0.15, 0.2) is 5.96 Å². The molecule has 1 aromatic carbocycles. The summed E-state index contributed by atoms with van der Waals surface area (Å²) in [6.07, 6.45) is 0. The molecule has 1 amide bonds. The Balaban J connectivity index is 2.40. The molecule has 19 heavy (non-hydrogen) atoms. The first-order chi connectivity index (χ1) is 9.11. The highest BCUT2D eigenvalue weighted by Gasteiger charge is 2.44. The third-order valence-corrected chi connectivity index (χ3v) is 3.10. The lowest BCUT2D eigenvalue weighted by Crippen LogP contribution is -2.41. The van der Waals surface area contributed by atoms with Crippen molar-refractivity contribution in [2.24, 2.45) is 4.99 Å². The lowest BCUT2D eigenvalue weighted by Gasteiger charge is -2.24. The fourth-order valence-electron chi connectivity index (χ4n) is 2.15. The van der Waals surface area contributed by atoms with Crippen LogP contribution in [0.3, 0.4) is 0 Å². The van der Waals surface area contributed by atoms with Crippen molar-refractivity contribution in [3.8, 4) is 5.75 Å². The number of nitrogens with zero attached hydrogens (tertiary/aromatic N) is 1. The molecule has 1 saturated heterocycles. The SMILES string of the molecule is CCN=C1NC(=O)C(C)(c2ccccc2OCC)N1. The summed E-state index contributed by atoms with van der Waals surface area (Å²) in [6.45, 7) is 6.85. The second-order valence-electron chi connectivity index (χ2n) is 4.46. The van der Waals surface area contributed by atoms with Crippen molar-refractivity contribution in [3.05, 3.63) is 29.8 Å². The summed E-state index contributed by atoms with van der Waals surface area (Å²) in [4.78, 5) is 16.4. The fourth-order valence-corrected chi connectivity index (χ4v) is 2.15. The standard InChI is InChI=1S/C14H19N3O2/c1-4-15-13-16-12(18)14(3,17-13)10-8-6-7-9-11(10)19-5-2/h6-9H,4-5H2,1-3H3,(H2,15,16,17,18). The van der Waals surface area contributed by atoms with Crippen molar-refractivity contribution >= 4 is 11.9 Å². The Hall–Kier alpha value is -2.04. The maximum Gasteiger partial charge on any atom is 0.256 e. The molecule has 0 spiro atoms. The van der Waals surface area contributed by atoms with Crippen LogP contribution < -0.4 is 15.4 Å². The van der Waals surface area contributed by atoms with Crippen LogP contribution in [-0.4, -0.2) is 25.0 Å². The summed E-state index contributed by atoms with van der Waals surface area (Å²) < 4.78 is 5.60. The van der Waals surface area contributed by atoms with Gasteiger partial charge in [0.05, 0.1) is 6.61 Å². The van der Waals surface area contributed by atoms with E-state index in [1.54, 1.807) is 0 Å². The molecule has 1 aliphatic rings. The molecule has 1 aromatic rings. The van der Waals surface area contributed by atoms with E-state index < -0.39 is 5.54 Å². The maximum atomic E-state index is 12.2. The van der Waals surface area contributed by atoms with Gasteiger partial charge in [0.25, 0.3) is 5.91 Å². The largest absolute Gasteiger partial charge is 0.493 e. The average Bonchev–Trinajstić information content (AvgIpc) is 2.67. The molecule has 0 aliphatic carbocycles. The maximum absolute atomic E-state index is 12.2. The number of aliphatic imine (C=N–C) groups is 1. The van der Waals surface area contributed by atoms with Gasteiger partial charge >= 0.3 is 0 Å². The van der Waals surface area contributed by atoms with E-state index in [1.807, 2.05) is 45.0 Å². The second-order valence-corrected chi connectivity index (χ2v) is 4.46. The first-order valence-electron chi connectivity index (χ1n) is 6.48. The summed E-state index contributed by atoms with van der Waals surface area (Å²) in [7, 11) is 0. The summed E-state index contributed by atoms with van der Waals surface area (Å²) in [5.74, 6) is 1.11. The number of guanidine groups is 1. The fraction of sp³-hybridized carbons (Fsp3) is 0.429. The molecule has 5 nitrogen and oxygen atoms in total. The van der Waals surface area contributed by atoms with E-state index >= 15 is 0 Å². The summed E-state index contributed by atoms with van der Waals surface area (Å²) in [5, 5.41) is 5.90. The third-order valence-electron chi connectivity index (χ3n) is 3.10. The van der Waals surface area contributed by atoms with E-state index in [2.05, 4.69) is 15.6 Å². The number of amides is 1. The molecule has 0 saturated carbocycles. The highest BCUT2D eigenvalue weighted by atomic mass is 16.5. The van der Waals surface area contributed by atoms with E-state index in [0.717, 1.165) is 5.56 Å². The van der Waals surface area contributed by atoms with Gasteiger partial charge < -0.3 is 10.1 Å². The molecule has 1 aliphatic heterocycles. The molecule has 0 bridgehead atoms. The number of hydrogen-bond acceptors (Lipinski definition) is 3. The van der Waals surface area contributed by atoms with Gasteiger partial charge in [-0.05, 0) is 26.8 Å². The summed E-state index contributed by atoms with van der Waals surface area (Å²) in [6, 6.07) is 7.55. The topological polar surface area (TPSA) is 62.7 Å². The quantitative estimate of drug-likeness (QED) is 0.861. The van der Waals surface area contributed by atoms with E-state index in [1.165, 1.54) is 0 Å². The van der Waals surface area contributed by atoms with Crippen LogP contribution in [-0.2, 0) is 10.3 Å². The second kappa shape index (κ2) is 5.30. The Labute approximate surface area is 113 Å². The van der Waals surface area contributed by atoms with Gasteiger partial charge in [-0.1, -0.05) is 18.2 Å². The number of ether oxygens (including phenoxy) is 1. The van der Waals surface area contributed by atoms with Crippen LogP contribution in [0.25, 0.3) is 0 Å². The minimum absolute atomic E-state index is 0.119. The number of rotatable bonds is 4. The molecule has 1 fully saturated rings. The van der Waals surface area contributed by atoms with Crippen molar-refractivity contribution in [2.45, 2.75) is 26.3 Å². The number of carbonyl (C=O) groups is 1. The number of para-hydroxylation sites is 1. The zero-order chi connectivity index (χ0) is 13.9. The van der Waals surface area contributed by atoms with Crippen LogP contribution in [0.5, 0.6) is 5.75 Å². The Bertz CT molecular complexity index is 513. The number of carbonyl (C=O) groups excluding carboxylic acids is 1. The first-order valence-corrected chi connectivity index (χ1v) is 6.48. The van der Waals surface area contributed by atoms with E-state index in [-0.39, 0.29) is 5.91 Å². The molecule has 1 atom stereocenters. The molecular weight excluding hydrogens is 242 g/mol. The van der Waals surface area contributed by atoms with Gasteiger partial charge in [0.2, 0.25) is 0 Å². The Morgan fingerprint density at radius 1 is 1.32 bits per heavy atom. The average molecular weight is 261 g/mol. The van der Waals surface area contributed by atoms with E-state index in [4.69, 9.17) is 4.74 Å². The monoisotopic (exact) mass is 261 g/mol. The molecule has 0 aromatic heterocycles. The minimum Gasteiger partial charge on any atom is -0.493 e. The number of nitrogens with one attached hydrogen (secondary N) is 2. The van der Waals surface area contributed by atoms with Crippen LogP contribution in [0, 0.1) is 0 Å². The Morgan fingerprint density at radius 2 is 2.05 bits per heavy atom. The van der Waals surface area contributed by atoms with Crippen molar-refractivity contribution in [1.29, 1.82) is 0 Å². The molecular formula is C14H19N3O2. The highest BCUT2D eigenvalue weighted by molar-refractivity contribution is 6.09. The van der Waals surface area contributed by atoms with Crippen molar-refractivity contribution < 1.29 is 9.53 Å². The van der Waals surface area contributed by atoms with Crippen LogP contribution in [0.15, 0.2) is 29.3 Å². The van der Waals surface area contributed by atoms with E-state index in [0.29, 0.717) is 24.9 Å². The van der Waals surface area contributed by atoms with Crippen LogP contribution in [0.1, 0.15) is 26.3 Å². The van der Waals surface area contributed by atoms with Crippen molar-refractivity contribution in [1.82, 2.24) is 10.6 Å². The molecule has 2 N–H and O–H groups in total. The molecule has 5 heteroatoms. The number of hydrogen-bond donors (Lipinski definition) is 2. The summed E-state index contributed by atoms with van der Waals surface area (Å²) >= 11 is 0. The zero-order valence-corrected chi connectivity index (χ0v) is 11.5. The molecule has 102 valence electrons. The van der Waals surface area contributed by atoms with Crippen LogP contribution >= 0.6 is 0 Å². The highest BCUT2D eigenvalue weighted by Crippen LogP contribution is 2.32. The van der Waals surface area contributed by atoms with Gasteiger partial charge in [-0.2, -0.15) is 0 Å². The van der Waals surface area contributed by atoms with Crippen molar-refractivity contribution in [3.63, 3.8) is 0 Å². The predicted octanol–water partition coefficient (Wildman–Crippen LogP) is 1.40. The van der Waals surface area contributed by atoms with Gasteiger partial charge in [-0.3, -0.25) is 15.1 Å². The molecule has 1 heterocycles. The lowest BCUT2D eigenvalue weighted by atomic mass is 9.91. The number of benzene rings is 1. The first kappa shape index (κ1) is 13.4. The zero-order valence-electron chi connectivity index (χ0n) is 11.5. The van der Waals surface area contributed by atoms with Gasteiger partial charge in [-0.25, -0.2) is 0 Å². The molecule has 0 radical (unpaired) electrons. The molecule has 2 rings (SSSR count). The van der Waals surface area contributed by atoms with Gasteiger partial charge in [0, 0.05) is 12.1 Å². The van der Waals surface area contributed by atoms with Gasteiger partial charge in [-0.15, -0.1) is 0 Å².